The van der Waals surface area contributed by atoms with Crippen LogP contribution in [0.4, 0.5) is 5.69 Å². The molecule has 0 saturated carbocycles. The first kappa shape index (κ1) is 31.2. The van der Waals surface area contributed by atoms with Crippen molar-refractivity contribution in [1.29, 1.82) is 0 Å². The van der Waals surface area contributed by atoms with Gasteiger partial charge in [0.15, 0.2) is 0 Å². The number of hydrogen-bond acceptors (Lipinski definition) is 7. The molecular formula is C32H44N2O6S. The first-order valence-corrected chi connectivity index (χ1v) is 15.5. The fourth-order valence-electron chi connectivity index (χ4n) is 6.89. The Hall–Kier alpha value is -2.78. The molecule has 3 aliphatic rings. The monoisotopic (exact) mass is 584 g/mol. The minimum Gasteiger partial charge on any atom is -0.497 e. The van der Waals surface area contributed by atoms with Gasteiger partial charge in [-0.3, -0.25) is 14.4 Å². The average Bonchev–Trinajstić information content (AvgIpc) is 3.54. The topological polar surface area (TPSA) is 96.4 Å². The summed E-state index contributed by atoms with van der Waals surface area (Å²) in [6.45, 7) is 10.8. The average molecular weight is 585 g/mol. The molecule has 0 aliphatic carbocycles. The number of carbonyl (C=O) groups excluding carboxylic acids is 3. The van der Waals surface area contributed by atoms with Crippen molar-refractivity contribution in [3.05, 3.63) is 49.6 Å². The number of aliphatic hydroxyl groups excluding tert-OH is 1. The summed E-state index contributed by atoms with van der Waals surface area (Å²) in [6.07, 6.45) is 9.51. The van der Waals surface area contributed by atoms with Crippen molar-refractivity contribution in [3.63, 3.8) is 0 Å². The summed E-state index contributed by atoms with van der Waals surface area (Å²) in [6, 6.07) is 6.58. The zero-order valence-electron chi connectivity index (χ0n) is 24.4. The van der Waals surface area contributed by atoms with Crippen molar-refractivity contribution in [3.8, 4) is 5.75 Å². The maximum atomic E-state index is 14.6. The van der Waals surface area contributed by atoms with Crippen LogP contribution in [0.1, 0.15) is 58.3 Å². The minimum absolute atomic E-state index is 0.0857. The number of anilines is 1. The van der Waals surface area contributed by atoms with Crippen LogP contribution in [0.3, 0.4) is 0 Å². The Labute approximate surface area is 248 Å². The highest BCUT2D eigenvalue weighted by molar-refractivity contribution is 8.02. The number of methoxy groups -OCH3 is 1. The standard InChI is InChI=1S/C32H44N2O6S/c1-5-7-8-12-22-40-30(38)26-25-28(36)34(20-10-9-11-21-35)27(32(25)18-17-31(26,3)41-32)29(37)33(19-6-2)23-13-15-24(39-4)16-14-23/h5-6,13-16,25-27,35H,1-2,7-12,17-22H2,3-4H3/t25-,26-,27?,31+,32?/m0/s1. The van der Waals surface area contributed by atoms with Gasteiger partial charge in [0.2, 0.25) is 5.91 Å². The predicted octanol–water partition coefficient (Wildman–Crippen LogP) is 4.76. The molecule has 224 valence electrons. The summed E-state index contributed by atoms with van der Waals surface area (Å²) in [5.41, 5.74) is 0.697. The van der Waals surface area contributed by atoms with Crippen LogP contribution in [-0.4, -0.2) is 76.7 Å². The van der Waals surface area contributed by atoms with Gasteiger partial charge >= 0.3 is 5.97 Å². The number of amides is 2. The molecule has 1 aromatic carbocycles. The summed E-state index contributed by atoms with van der Waals surface area (Å²) in [7, 11) is 1.59. The van der Waals surface area contributed by atoms with Gasteiger partial charge in [-0.25, -0.2) is 0 Å². The van der Waals surface area contributed by atoms with E-state index in [2.05, 4.69) is 20.1 Å². The van der Waals surface area contributed by atoms with E-state index in [-0.39, 0.29) is 30.9 Å². The Balaban J connectivity index is 1.67. The highest BCUT2D eigenvalue weighted by atomic mass is 32.2. The molecule has 1 spiro atoms. The molecule has 4 rings (SSSR count). The van der Waals surface area contributed by atoms with E-state index in [4.69, 9.17) is 9.47 Å². The number of nitrogens with zero attached hydrogens (tertiary/aromatic N) is 2. The van der Waals surface area contributed by atoms with Crippen LogP contribution in [0.15, 0.2) is 49.6 Å². The van der Waals surface area contributed by atoms with Gasteiger partial charge in [0, 0.05) is 30.1 Å². The molecule has 2 unspecified atom stereocenters. The number of thioether (sulfide) groups is 1. The third-order valence-electron chi connectivity index (χ3n) is 8.83. The summed E-state index contributed by atoms with van der Waals surface area (Å²) in [5, 5.41) is 9.29. The lowest BCUT2D eigenvalue weighted by molar-refractivity contribution is -0.155. The highest BCUT2D eigenvalue weighted by Crippen LogP contribution is 2.71. The zero-order valence-corrected chi connectivity index (χ0v) is 25.2. The summed E-state index contributed by atoms with van der Waals surface area (Å²) < 4.78 is 9.89. The van der Waals surface area contributed by atoms with Gasteiger partial charge < -0.3 is 24.4 Å². The van der Waals surface area contributed by atoms with Gasteiger partial charge in [-0.05, 0) is 82.6 Å². The van der Waals surface area contributed by atoms with E-state index in [9.17, 15) is 19.5 Å². The first-order valence-electron chi connectivity index (χ1n) is 14.7. The molecular weight excluding hydrogens is 540 g/mol. The molecule has 1 aromatic rings. The molecule has 0 radical (unpaired) electrons. The summed E-state index contributed by atoms with van der Waals surface area (Å²) >= 11 is 1.65. The summed E-state index contributed by atoms with van der Waals surface area (Å²) in [5.74, 6) is -1.15. The van der Waals surface area contributed by atoms with E-state index >= 15 is 0 Å². The van der Waals surface area contributed by atoms with Gasteiger partial charge in [-0.1, -0.05) is 12.2 Å². The van der Waals surface area contributed by atoms with Crippen molar-refractivity contribution in [1.82, 2.24) is 4.90 Å². The minimum atomic E-state index is -0.714. The van der Waals surface area contributed by atoms with Crippen LogP contribution in [0, 0.1) is 11.8 Å². The molecule has 3 aliphatic heterocycles. The lowest BCUT2D eigenvalue weighted by Crippen LogP contribution is -2.55. The molecule has 0 aromatic heterocycles. The third kappa shape index (κ3) is 5.93. The molecule has 5 atom stereocenters. The lowest BCUT2D eigenvalue weighted by atomic mass is 9.66. The normalized spacial score (nSPS) is 27.9. The van der Waals surface area contributed by atoms with Crippen LogP contribution >= 0.6 is 11.8 Å². The second kappa shape index (κ2) is 13.5. The number of aliphatic hydroxyl groups is 1. The third-order valence-corrected chi connectivity index (χ3v) is 10.8. The molecule has 3 heterocycles. The molecule has 3 fully saturated rings. The summed E-state index contributed by atoms with van der Waals surface area (Å²) in [4.78, 5) is 45.8. The van der Waals surface area contributed by atoms with Crippen LogP contribution in [0.5, 0.6) is 5.75 Å². The van der Waals surface area contributed by atoms with Crippen molar-refractivity contribution >= 4 is 35.2 Å². The zero-order chi connectivity index (χ0) is 29.6. The lowest BCUT2D eigenvalue weighted by Gasteiger charge is -2.37. The van der Waals surface area contributed by atoms with Gasteiger partial charge in [0.1, 0.15) is 11.8 Å². The fourth-order valence-corrected chi connectivity index (χ4v) is 9.23. The van der Waals surface area contributed by atoms with E-state index in [1.807, 2.05) is 30.3 Å². The quantitative estimate of drug-likeness (QED) is 0.170. The number of ether oxygens (including phenoxy) is 2. The molecule has 9 heteroatoms. The van der Waals surface area contributed by atoms with E-state index in [0.717, 1.165) is 32.1 Å². The van der Waals surface area contributed by atoms with Crippen molar-refractivity contribution in [2.75, 3.05) is 38.3 Å². The van der Waals surface area contributed by atoms with E-state index in [1.54, 1.807) is 34.7 Å². The van der Waals surface area contributed by atoms with Gasteiger partial charge in [-0.2, -0.15) is 0 Å². The smallest absolute Gasteiger partial charge is 0.311 e. The molecule has 1 N–H and O–H groups in total. The SMILES string of the molecule is C=CCCCCOC(=O)[C@@H]1[C@H]2C(=O)N(CCCCCO)C(C(=O)N(CC=C)c3ccc(OC)cc3)C23CC[C@@]1(C)S3. The van der Waals surface area contributed by atoms with Crippen molar-refractivity contribution in [2.45, 2.75) is 73.8 Å². The second-order valence-corrected chi connectivity index (χ2v) is 13.3. The van der Waals surface area contributed by atoms with Crippen LogP contribution < -0.4 is 9.64 Å². The number of hydrogen-bond donors (Lipinski definition) is 1. The maximum absolute atomic E-state index is 14.6. The number of fused-ring (bicyclic) bond motifs is 1. The first-order chi connectivity index (χ1) is 19.8. The molecule has 8 nitrogen and oxygen atoms in total. The Bertz CT molecular complexity index is 1130. The Morgan fingerprint density at radius 3 is 2.54 bits per heavy atom. The second-order valence-electron chi connectivity index (χ2n) is 11.4. The van der Waals surface area contributed by atoms with Crippen LogP contribution in [-0.2, 0) is 19.1 Å². The van der Waals surface area contributed by atoms with E-state index in [1.165, 1.54) is 0 Å². The Kier molecular flexibility index (Phi) is 10.2. The van der Waals surface area contributed by atoms with Crippen LogP contribution in [0.25, 0.3) is 0 Å². The molecule has 2 bridgehead atoms. The molecule has 3 saturated heterocycles. The number of carbonyl (C=O) groups is 3. The Morgan fingerprint density at radius 1 is 1.12 bits per heavy atom. The van der Waals surface area contributed by atoms with Crippen LogP contribution in [0.2, 0.25) is 0 Å². The van der Waals surface area contributed by atoms with Crippen molar-refractivity contribution in [2.24, 2.45) is 11.8 Å². The number of unbranched alkanes of at least 4 members (excludes halogenated alkanes) is 4. The largest absolute Gasteiger partial charge is 0.497 e. The number of likely N-dealkylation sites (tertiary alicyclic amines) is 1. The number of esters is 1. The van der Waals surface area contributed by atoms with E-state index < -0.39 is 27.4 Å². The van der Waals surface area contributed by atoms with E-state index in [0.29, 0.717) is 43.9 Å². The highest BCUT2D eigenvalue weighted by Gasteiger charge is 2.77. The van der Waals surface area contributed by atoms with Gasteiger partial charge in [0.25, 0.3) is 5.91 Å². The fraction of sp³-hybridized carbons (Fsp3) is 0.594. The maximum Gasteiger partial charge on any atom is 0.311 e. The molecule has 41 heavy (non-hydrogen) atoms. The molecule has 2 amide bonds. The number of rotatable bonds is 16. The number of allylic oxidation sites excluding steroid dienone is 1. The van der Waals surface area contributed by atoms with Gasteiger partial charge in [-0.15, -0.1) is 24.9 Å². The van der Waals surface area contributed by atoms with Crippen molar-refractivity contribution < 1.29 is 29.0 Å². The predicted molar refractivity (Wildman–Crippen MR) is 162 cm³/mol. The van der Waals surface area contributed by atoms with Gasteiger partial charge in [0.05, 0.1) is 30.3 Å². The number of benzene rings is 1. The Morgan fingerprint density at radius 2 is 1.88 bits per heavy atom.